The number of carbonyl (C=O) groups excluding carboxylic acids is 2. The Hall–Kier alpha value is -3.65. The fourth-order valence-corrected chi connectivity index (χ4v) is 9.73. The molecule has 4 bridgehead atoms. The van der Waals surface area contributed by atoms with Crippen molar-refractivity contribution in [3.8, 4) is 0 Å². The molecule has 1 atom stereocenters. The molecule has 3 aromatic carbocycles. The summed E-state index contributed by atoms with van der Waals surface area (Å²) in [6.45, 7) is 4.03. The van der Waals surface area contributed by atoms with E-state index in [4.69, 9.17) is 0 Å². The van der Waals surface area contributed by atoms with E-state index in [1.807, 2.05) is 80.6 Å². The Labute approximate surface area is 274 Å². The highest BCUT2D eigenvalue weighted by Crippen LogP contribution is 2.60. The second-order valence-corrected chi connectivity index (χ2v) is 16.0. The molecule has 2 amide bonds. The lowest BCUT2D eigenvalue weighted by molar-refractivity contribution is -0.140. The van der Waals surface area contributed by atoms with E-state index in [9.17, 15) is 18.0 Å². The van der Waals surface area contributed by atoms with Gasteiger partial charge in [-0.1, -0.05) is 66.7 Å². The van der Waals surface area contributed by atoms with Crippen molar-refractivity contribution in [2.45, 2.75) is 76.8 Å². The molecular weight excluding hydrogens is 595 g/mol. The Morgan fingerprint density at radius 2 is 1.46 bits per heavy atom. The molecule has 1 unspecified atom stereocenters. The van der Waals surface area contributed by atoms with Crippen LogP contribution < -0.4 is 9.62 Å². The molecule has 46 heavy (non-hydrogen) atoms. The zero-order valence-corrected chi connectivity index (χ0v) is 28.1. The number of amides is 2. The van der Waals surface area contributed by atoms with E-state index in [1.54, 1.807) is 4.90 Å². The molecule has 4 aliphatic carbocycles. The van der Waals surface area contributed by atoms with Gasteiger partial charge < -0.3 is 10.2 Å². The van der Waals surface area contributed by atoms with Gasteiger partial charge in [0.05, 0.1) is 11.9 Å². The number of nitrogens with one attached hydrogen (secondary N) is 1. The first kappa shape index (κ1) is 32.3. The lowest BCUT2D eigenvalue weighted by atomic mass is 9.48. The number of aryl methyl sites for hydroxylation is 1. The van der Waals surface area contributed by atoms with Crippen molar-refractivity contribution in [2.24, 2.45) is 17.8 Å². The Kier molecular flexibility index (Phi) is 9.28. The van der Waals surface area contributed by atoms with Crippen LogP contribution in [0.1, 0.15) is 67.7 Å². The molecule has 0 heterocycles. The van der Waals surface area contributed by atoms with Crippen LogP contribution in [0.3, 0.4) is 0 Å². The molecule has 0 saturated heterocycles. The van der Waals surface area contributed by atoms with Crippen molar-refractivity contribution >= 4 is 27.5 Å². The minimum atomic E-state index is -3.82. The first-order valence-corrected chi connectivity index (χ1v) is 18.6. The van der Waals surface area contributed by atoms with Gasteiger partial charge in [0.2, 0.25) is 21.8 Å². The van der Waals surface area contributed by atoms with Gasteiger partial charge in [-0.25, -0.2) is 8.42 Å². The van der Waals surface area contributed by atoms with Crippen molar-refractivity contribution in [2.75, 3.05) is 23.7 Å². The van der Waals surface area contributed by atoms with Crippen LogP contribution in [-0.2, 0) is 38.0 Å². The van der Waals surface area contributed by atoms with Gasteiger partial charge in [-0.15, -0.1) is 0 Å². The lowest BCUT2D eigenvalue weighted by Crippen LogP contribution is -2.53. The molecule has 4 saturated carbocycles. The normalized spacial score (nSPS) is 23.9. The Morgan fingerprint density at radius 1 is 0.870 bits per heavy atom. The summed E-state index contributed by atoms with van der Waals surface area (Å²) < 4.78 is 27.8. The molecule has 4 fully saturated rings. The molecule has 0 aliphatic heterocycles. The van der Waals surface area contributed by atoms with Crippen LogP contribution in [-0.4, -0.2) is 50.5 Å². The summed E-state index contributed by atoms with van der Waals surface area (Å²) in [6.07, 6.45) is 9.22. The lowest BCUT2D eigenvalue weighted by Gasteiger charge is -2.57. The zero-order valence-electron chi connectivity index (χ0n) is 27.3. The largest absolute Gasteiger partial charge is 0.355 e. The van der Waals surface area contributed by atoms with Crippen LogP contribution in [0, 0.1) is 24.7 Å². The Balaban J connectivity index is 1.30. The number of hydrogen-bond acceptors (Lipinski definition) is 4. The number of benzene rings is 3. The molecule has 1 N–H and O–H groups in total. The van der Waals surface area contributed by atoms with Gasteiger partial charge in [-0.2, -0.15) is 0 Å². The Morgan fingerprint density at radius 3 is 2.02 bits per heavy atom. The highest BCUT2D eigenvalue weighted by molar-refractivity contribution is 7.92. The van der Waals surface area contributed by atoms with Gasteiger partial charge >= 0.3 is 0 Å². The summed E-state index contributed by atoms with van der Waals surface area (Å²) in [5.41, 5.74) is 4.79. The summed E-state index contributed by atoms with van der Waals surface area (Å²) in [4.78, 5) is 29.5. The molecule has 8 heteroatoms. The Bertz CT molecular complexity index is 1620. The van der Waals surface area contributed by atoms with E-state index >= 15 is 0 Å². The van der Waals surface area contributed by atoms with Gasteiger partial charge in [-0.3, -0.25) is 13.9 Å². The highest BCUT2D eigenvalue weighted by Gasteiger charge is 2.51. The average Bonchev–Trinajstić information content (AvgIpc) is 3.02. The monoisotopic (exact) mass is 641 g/mol. The molecule has 244 valence electrons. The van der Waals surface area contributed by atoms with E-state index in [-0.39, 0.29) is 17.9 Å². The quantitative estimate of drug-likeness (QED) is 0.263. The maximum absolute atomic E-state index is 14.4. The second-order valence-electron chi connectivity index (χ2n) is 14.1. The smallest absolute Gasteiger partial charge is 0.244 e. The molecular formula is C38H47N3O4S. The topological polar surface area (TPSA) is 86.8 Å². The van der Waals surface area contributed by atoms with Crippen LogP contribution in [0.25, 0.3) is 0 Å². The number of hydrogen-bond donors (Lipinski definition) is 1. The minimum absolute atomic E-state index is 0.183. The van der Waals surface area contributed by atoms with Crippen molar-refractivity contribution in [1.82, 2.24) is 10.2 Å². The van der Waals surface area contributed by atoms with E-state index in [0.29, 0.717) is 18.7 Å². The number of sulfonamides is 1. The minimum Gasteiger partial charge on any atom is -0.355 e. The fourth-order valence-electron chi connectivity index (χ4n) is 8.88. The third-order valence-electron chi connectivity index (χ3n) is 10.7. The van der Waals surface area contributed by atoms with E-state index in [1.165, 1.54) is 48.4 Å². The molecule has 0 spiro atoms. The number of rotatable bonds is 12. The van der Waals surface area contributed by atoms with Gasteiger partial charge in [0.15, 0.2) is 0 Å². The molecule has 0 aromatic heterocycles. The molecule has 4 aliphatic rings. The first-order valence-electron chi connectivity index (χ1n) is 16.8. The van der Waals surface area contributed by atoms with Crippen molar-refractivity contribution in [1.29, 1.82) is 0 Å². The van der Waals surface area contributed by atoms with E-state index in [0.717, 1.165) is 40.7 Å². The van der Waals surface area contributed by atoms with Crippen LogP contribution >= 0.6 is 0 Å². The molecule has 3 aromatic rings. The third-order valence-corrected chi connectivity index (χ3v) is 11.8. The van der Waals surface area contributed by atoms with Crippen molar-refractivity contribution in [3.05, 3.63) is 101 Å². The SMILES string of the molecule is CCNC(=O)C(Cc1ccccc1)N(Cc1ccccc1C)C(=O)CN(c1ccc(C23CC4CC(CC(C4)C2)C3)cc1)S(C)(=O)=O. The maximum atomic E-state index is 14.4. The first-order chi connectivity index (χ1) is 22.0. The number of carbonyl (C=O) groups is 2. The van der Waals surface area contributed by atoms with E-state index < -0.39 is 28.5 Å². The summed E-state index contributed by atoms with van der Waals surface area (Å²) in [7, 11) is -3.82. The van der Waals surface area contributed by atoms with Gasteiger partial charge in [0.1, 0.15) is 12.6 Å². The standard InChI is InChI=1S/C38H47N3O4S/c1-4-39-37(43)35(21-28-11-6-5-7-12-28)40(25-32-13-9-8-10-27(32)2)36(42)26-41(46(3,44)45)34-16-14-33(15-17-34)38-22-29-18-30(23-38)20-31(19-29)24-38/h5-17,29-31,35H,4,18-26H2,1-3H3,(H,39,43). The van der Waals surface area contributed by atoms with Crippen LogP contribution in [0.2, 0.25) is 0 Å². The van der Waals surface area contributed by atoms with Gasteiger partial charge in [0.25, 0.3) is 0 Å². The van der Waals surface area contributed by atoms with Crippen LogP contribution in [0.4, 0.5) is 5.69 Å². The van der Waals surface area contributed by atoms with Crippen molar-refractivity contribution in [3.63, 3.8) is 0 Å². The molecule has 0 radical (unpaired) electrons. The summed E-state index contributed by atoms with van der Waals surface area (Å²) in [5.74, 6) is 1.74. The van der Waals surface area contributed by atoms with Crippen LogP contribution in [0.15, 0.2) is 78.9 Å². The van der Waals surface area contributed by atoms with Crippen LogP contribution in [0.5, 0.6) is 0 Å². The number of nitrogens with zero attached hydrogens (tertiary/aromatic N) is 2. The number of likely N-dealkylation sites (N-methyl/N-ethyl adjacent to an activating group) is 1. The summed E-state index contributed by atoms with van der Waals surface area (Å²) >= 11 is 0. The van der Waals surface area contributed by atoms with Crippen molar-refractivity contribution < 1.29 is 18.0 Å². The predicted octanol–water partition coefficient (Wildman–Crippen LogP) is 6.01. The average molecular weight is 642 g/mol. The van der Waals surface area contributed by atoms with Gasteiger partial charge in [-0.05, 0) is 110 Å². The number of anilines is 1. The summed E-state index contributed by atoms with van der Waals surface area (Å²) in [5, 5.41) is 2.91. The maximum Gasteiger partial charge on any atom is 0.244 e. The highest BCUT2D eigenvalue weighted by atomic mass is 32.2. The molecule has 7 rings (SSSR count). The predicted molar refractivity (Wildman–Crippen MR) is 183 cm³/mol. The molecule has 7 nitrogen and oxygen atoms in total. The second kappa shape index (κ2) is 13.2. The summed E-state index contributed by atoms with van der Waals surface area (Å²) in [6, 6.07) is 24.5. The van der Waals surface area contributed by atoms with E-state index in [2.05, 4.69) is 17.4 Å². The fraction of sp³-hybridized carbons (Fsp3) is 0.474. The zero-order chi connectivity index (χ0) is 32.5. The third kappa shape index (κ3) is 6.87. The van der Waals surface area contributed by atoms with Gasteiger partial charge in [0, 0.05) is 19.5 Å².